The highest BCUT2D eigenvalue weighted by molar-refractivity contribution is 4.97. The van der Waals surface area contributed by atoms with Gasteiger partial charge < -0.3 is 10.3 Å². The van der Waals surface area contributed by atoms with Gasteiger partial charge in [0.2, 0.25) is 0 Å². The molecule has 1 aliphatic heterocycles. The quantitative estimate of drug-likeness (QED) is 0.865. The summed E-state index contributed by atoms with van der Waals surface area (Å²) < 4.78 is 2.25. The molecule has 0 saturated carbocycles. The van der Waals surface area contributed by atoms with Gasteiger partial charge in [0.1, 0.15) is 5.82 Å². The van der Waals surface area contributed by atoms with E-state index in [4.69, 9.17) is 5.73 Å². The SMILES string of the molecule is CC(C)CC(C)C(CN)N1CCn2ccnc2C1. The Morgan fingerprint density at radius 3 is 2.78 bits per heavy atom. The molecule has 2 unspecified atom stereocenters. The van der Waals surface area contributed by atoms with E-state index in [1.165, 1.54) is 12.2 Å². The molecular weight excluding hydrogens is 224 g/mol. The van der Waals surface area contributed by atoms with Crippen molar-refractivity contribution in [1.82, 2.24) is 14.5 Å². The molecule has 0 saturated heterocycles. The molecule has 0 radical (unpaired) electrons. The third kappa shape index (κ3) is 2.93. The molecule has 0 bridgehead atoms. The van der Waals surface area contributed by atoms with Crippen molar-refractivity contribution in [3.05, 3.63) is 18.2 Å². The van der Waals surface area contributed by atoms with Gasteiger partial charge in [0.05, 0.1) is 6.54 Å². The van der Waals surface area contributed by atoms with Crippen LogP contribution in [0.2, 0.25) is 0 Å². The Labute approximate surface area is 110 Å². The zero-order chi connectivity index (χ0) is 13.1. The van der Waals surface area contributed by atoms with Crippen molar-refractivity contribution in [3.8, 4) is 0 Å². The van der Waals surface area contributed by atoms with Crippen LogP contribution in [-0.4, -0.2) is 33.6 Å². The first-order valence-electron chi connectivity index (χ1n) is 7.06. The second kappa shape index (κ2) is 5.85. The third-order valence-electron chi connectivity index (χ3n) is 3.98. The minimum atomic E-state index is 0.484. The van der Waals surface area contributed by atoms with Gasteiger partial charge in [-0.05, 0) is 18.3 Å². The molecule has 18 heavy (non-hydrogen) atoms. The van der Waals surface area contributed by atoms with E-state index < -0.39 is 0 Å². The minimum absolute atomic E-state index is 0.484. The summed E-state index contributed by atoms with van der Waals surface area (Å²) in [5, 5.41) is 0. The van der Waals surface area contributed by atoms with Crippen molar-refractivity contribution >= 4 is 0 Å². The Morgan fingerprint density at radius 1 is 1.33 bits per heavy atom. The maximum atomic E-state index is 6.01. The van der Waals surface area contributed by atoms with Crippen LogP contribution in [0.5, 0.6) is 0 Å². The van der Waals surface area contributed by atoms with Crippen molar-refractivity contribution in [2.45, 2.75) is 46.3 Å². The normalized spacial score (nSPS) is 19.8. The van der Waals surface area contributed by atoms with E-state index in [2.05, 4.69) is 41.4 Å². The maximum absolute atomic E-state index is 6.01. The lowest BCUT2D eigenvalue weighted by Gasteiger charge is -2.38. The summed E-state index contributed by atoms with van der Waals surface area (Å²) in [4.78, 5) is 6.93. The molecule has 1 aromatic heterocycles. The van der Waals surface area contributed by atoms with E-state index >= 15 is 0 Å². The molecule has 0 fully saturated rings. The van der Waals surface area contributed by atoms with Gasteiger partial charge in [-0.2, -0.15) is 0 Å². The van der Waals surface area contributed by atoms with Gasteiger partial charge in [-0.1, -0.05) is 20.8 Å². The summed E-state index contributed by atoms with van der Waals surface area (Å²) in [6, 6.07) is 0.484. The number of hydrogen-bond acceptors (Lipinski definition) is 3. The molecule has 1 aliphatic rings. The molecule has 102 valence electrons. The van der Waals surface area contributed by atoms with Crippen molar-refractivity contribution in [1.29, 1.82) is 0 Å². The fourth-order valence-corrected chi connectivity index (χ4v) is 3.12. The Bertz CT molecular complexity index is 372. The molecule has 1 aromatic rings. The number of fused-ring (bicyclic) bond motifs is 1. The Kier molecular flexibility index (Phi) is 4.40. The molecular formula is C14H26N4. The van der Waals surface area contributed by atoms with Crippen LogP contribution in [-0.2, 0) is 13.1 Å². The Balaban J connectivity index is 2.01. The van der Waals surface area contributed by atoms with Crippen molar-refractivity contribution < 1.29 is 0 Å². The van der Waals surface area contributed by atoms with E-state index in [-0.39, 0.29) is 0 Å². The van der Waals surface area contributed by atoms with E-state index in [1.807, 2.05) is 6.20 Å². The Morgan fingerprint density at radius 2 is 2.11 bits per heavy atom. The van der Waals surface area contributed by atoms with Crippen molar-refractivity contribution in [3.63, 3.8) is 0 Å². The average Bonchev–Trinajstić information content (AvgIpc) is 2.76. The van der Waals surface area contributed by atoms with Crippen molar-refractivity contribution in [2.24, 2.45) is 17.6 Å². The summed E-state index contributed by atoms with van der Waals surface area (Å²) in [5.41, 5.74) is 6.01. The first kappa shape index (κ1) is 13.6. The second-order valence-corrected chi connectivity index (χ2v) is 5.92. The highest BCUT2D eigenvalue weighted by atomic mass is 15.3. The first-order valence-corrected chi connectivity index (χ1v) is 7.06. The predicted molar refractivity (Wildman–Crippen MR) is 74.1 cm³/mol. The molecule has 2 atom stereocenters. The van der Waals surface area contributed by atoms with Crippen LogP contribution < -0.4 is 5.73 Å². The lowest BCUT2D eigenvalue weighted by atomic mass is 9.91. The van der Waals surface area contributed by atoms with Crippen LogP contribution in [0.3, 0.4) is 0 Å². The summed E-state index contributed by atoms with van der Waals surface area (Å²) in [6.07, 6.45) is 5.21. The summed E-state index contributed by atoms with van der Waals surface area (Å²) in [5.74, 6) is 2.56. The maximum Gasteiger partial charge on any atom is 0.122 e. The van der Waals surface area contributed by atoms with E-state index in [1.54, 1.807) is 0 Å². The van der Waals surface area contributed by atoms with Gasteiger partial charge in [-0.15, -0.1) is 0 Å². The molecule has 4 heteroatoms. The third-order valence-corrected chi connectivity index (χ3v) is 3.98. The van der Waals surface area contributed by atoms with E-state index in [9.17, 15) is 0 Å². The molecule has 2 heterocycles. The topological polar surface area (TPSA) is 47.1 Å². The second-order valence-electron chi connectivity index (χ2n) is 5.92. The average molecular weight is 250 g/mol. The smallest absolute Gasteiger partial charge is 0.122 e. The number of nitrogens with zero attached hydrogens (tertiary/aromatic N) is 3. The largest absolute Gasteiger partial charge is 0.333 e. The number of rotatable bonds is 5. The number of nitrogens with two attached hydrogens (primary N) is 1. The van der Waals surface area contributed by atoms with Crippen LogP contribution in [0.15, 0.2) is 12.4 Å². The number of aromatic nitrogens is 2. The molecule has 0 amide bonds. The fourth-order valence-electron chi connectivity index (χ4n) is 3.12. The van der Waals surface area contributed by atoms with Crippen LogP contribution in [0.25, 0.3) is 0 Å². The number of hydrogen-bond donors (Lipinski definition) is 1. The lowest BCUT2D eigenvalue weighted by molar-refractivity contribution is 0.108. The van der Waals surface area contributed by atoms with Gasteiger partial charge >= 0.3 is 0 Å². The molecule has 0 aliphatic carbocycles. The van der Waals surface area contributed by atoms with Crippen LogP contribution in [0, 0.1) is 11.8 Å². The molecule has 0 aromatic carbocycles. The van der Waals surface area contributed by atoms with Gasteiger partial charge in [0, 0.05) is 38.1 Å². The fraction of sp³-hybridized carbons (Fsp3) is 0.786. The van der Waals surface area contributed by atoms with E-state index in [0.717, 1.165) is 32.1 Å². The molecule has 2 rings (SSSR count). The zero-order valence-corrected chi connectivity index (χ0v) is 11.8. The molecule has 0 spiro atoms. The Hall–Kier alpha value is -0.870. The minimum Gasteiger partial charge on any atom is -0.333 e. The van der Waals surface area contributed by atoms with Crippen LogP contribution in [0.4, 0.5) is 0 Å². The lowest BCUT2D eigenvalue weighted by Crippen LogP contribution is -2.48. The summed E-state index contributed by atoms with van der Waals surface area (Å²) in [7, 11) is 0. The highest BCUT2D eigenvalue weighted by Crippen LogP contribution is 2.22. The van der Waals surface area contributed by atoms with Gasteiger partial charge in [0.15, 0.2) is 0 Å². The van der Waals surface area contributed by atoms with Crippen molar-refractivity contribution in [2.75, 3.05) is 13.1 Å². The van der Waals surface area contributed by atoms with Gasteiger partial charge in [-0.3, -0.25) is 4.90 Å². The molecule has 2 N–H and O–H groups in total. The van der Waals surface area contributed by atoms with Crippen LogP contribution >= 0.6 is 0 Å². The predicted octanol–water partition coefficient (Wildman–Crippen LogP) is 1.71. The van der Waals surface area contributed by atoms with Gasteiger partial charge in [0.25, 0.3) is 0 Å². The monoisotopic (exact) mass is 250 g/mol. The van der Waals surface area contributed by atoms with Gasteiger partial charge in [-0.25, -0.2) is 4.98 Å². The summed E-state index contributed by atoms with van der Waals surface area (Å²) in [6.45, 7) is 10.7. The van der Waals surface area contributed by atoms with E-state index in [0.29, 0.717) is 12.0 Å². The highest BCUT2D eigenvalue weighted by Gasteiger charge is 2.27. The number of imidazole rings is 1. The molecule has 4 nitrogen and oxygen atoms in total. The first-order chi connectivity index (χ1) is 8.61. The summed E-state index contributed by atoms with van der Waals surface area (Å²) >= 11 is 0. The standard InChI is InChI=1S/C14H26N4/c1-11(2)8-12(3)13(9-15)18-7-6-17-5-4-16-14(17)10-18/h4-5,11-13H,6-10,15H2,1-3H3. The van der Waals surface area contributed by atoms with Crippen LogP contribution in [0.1, 0.15) is 33.0 Å². The zero-order valence-electron chi connectivity index (χ0n) is 11.8.